The summed E-state index contributed by atoms with van der Waals surface area (Å²) in [5.41, 5.74) is 1.11. The lowest BCUT2D eigenvalue weighted by Gasteiger charge is -2.36. The van der Waals surface area contributed by atoms with Crippen molar-refractivity contribution in [2.45, 2.75) is 6.42 Å². The summed E-state index contributed by atoms with van der Waals surface area (Å²) in [4.78, 5) is 27.6. The number of carboxylic acids is 1. The predicted molar refractivity (Wildman–Crippen MR) is 64.0 cm³/mol. The summed E-state index contributed by atoms with van der Waals surface area (Å²) in [5, 5.41) is 11.5. The minimum atomic E-state index is -0.837. The fourth-order valence-corrected chi connectivity index (χ4v) is 1.78. The summed E-state index contributed by atoms with van der Waals surface area (Å²) in [6.45, 7) is 1.14. The third-order valence-electron chi connectivity index (χ3n) is 2.96. The van der Waals surface area contributed by atoms with Crippen molar-refractivity contribution in [1.29, 1.82) is 0 Å². The Kier molecular flexibility index (Phi) is 3.76. The monoisotopic (exact) mass is 249 g/mol. The average Bonchev–Trinajstić information content (AvgIpc) is 2.28. The van der Waals surface area contributed by atoms with Crippen LogP contribution in [0.15, 0.2) is 24.5 Å². The number of hydrogen-bond acceptors (Lipinski definition) is 3. The topological polar surface area (TPSA) is 82.5 Å². The number of nitrogens with zero attached hydrogens (tertiary/aromatic N) is 2. The summed E-state index contributed by atoms with van der Waals surface area (Å²) >= 11 is 0. The Balaban J connectivity index is 1.66. The van der Waals surface area contributed by atoms with Gasteiger partial charge in [-0.15, -0.1) is 0 Å². The van der Waals surface area contributed by atoms with Gasteiger partial charge in [-0.05, 0) is 24.1 Å². The summed E-state index contributed by atoms with van der Waals surface area (Å²) in [6.07, 6.45) is 4.17. The van der Waals surface area contributed by atoms with Crippen molar-refractivity contribution in [3.8, 4) is 0 Å². The van der Waals surface area contributed by atoms with Gasteiger partial charge in [0, 0.05) is 32.0 Å². The van der Waals surface area contributed by atoms with E-state index >= 15 is 0 Å². The van der Waals surface area contributed by atoms with Crippen LogP contribution in [-0.4, -0.2) is 46.6 Å². The Morgan fingerprint density at radius 3 is 2.67 bits per heavy atom. The molecule has 2 heterocycles. The van der Waals surface area contributed by atoms with Gasteiger partial charge in [-0.1, -0.05) is 0 Å². The van der Waals surface area contributed by atoms with Crippen LogP contribution in [0.2, 0.25) is 0 Å². The van der Waals surface area contributed by atoms with Gasteiger partial charge in [0.15, 0.2) is 0 Å². The normalized spacial score (nSPS) is 15.0. The number of pyridine rings is 1. The van der Waals surface area contributed by atoms with Crippen molar-refractivity contribution in [3.05, 3.63) is 30.1 Å². The first kappa shape index (κ1) is 12.3. The second-order valence-electron chi connectivity index (χ2n) is 4.28. The molecule has 96 valence electrons. The molecule has 1 aromatic rings. The first-order valence-corrected chi connectivity index (χ1v) is 5.81. The van der Waals surface area contributed by atoms with Crippen LogP contribution in [0.1, 0.15) is 5.56 Å². The molecule has 6 heteroatoms. The fraction of sp³-hybridized carbons (Fsp3) is 0.417. The maximum Gasteiger partial charge on any atom is 0.317 e. The molecule has 0 atom stereocenters. The minimum Gasteiger partial charge on any atom is -0.481 e. The molecule has 2 rings (SSSR count). The van der Waals surface area contributed by atoms with Gasteiger partial charge in [0.05, 0.1) is 5.92 Å². The van der Waals surface area contributed by atoms with Gasteiger partial charge in [-0.3, -0.25) is 9.78 Å². The summed E-state index contributed by atoms with van der Waals surface area (Å²) in [5.74, 6) is -1.24. The number of likely N-dealkylation sites (tertiary alicyclic amines) is 1. The van der Waals surface area contributed by atoms with E-state index in [1.807, 2.05) is 12.1 Å². The molecule has 0 bridgehead atoms. The van der Waals surface area contributed by atoms with Gasteiger partial charge in [-0.2, -0.15) is 0 Å². The number of aromatic nitrogens is 1. The molecular formula is C12H15N3O3. The van der Waals surface area contributed by atoms with Crippen molar-refractivity contribution in [1.82, 2.24) is 15.2 Å². The van der Waals surface area contributed by atoms with E-state index in [0.717, 1.165) is 12.0 Å². The molecule has 0 aromatic carbocycles. The Labute approximate surface area is 105 Å². The van der Waals surface area contributed by atoms with Crippen molar-refractivity contribution in [2.75, 3.05) is 19.6 Å². The van der Waals surface area contributed by atoms with Crippen LogP contribution in [0.5, 0.6) is 0 Å². The third-order valence-corrected chi connectivity index (χ3v) is 2.96. The molecular weight excluding hydrogens is 234 g/mol. The molecule has 1 saturated heterocycles. The molecule has 2 amide bonds. The van der Waals surface area contributed by atoms with Crippen LogP contribution in [-0.2, 0) is 11.2 Å². The average molecular weight is 249 g/mol. The van der Waals surface area contributed by atoms with E-state index in [2.05, 4.69) is 10.3 Å². The fourth-order valence-electron chi connectivity index (χ4n) is 1.78. The molecule has 0 saturated carbocycles. The molecule has 2 N–H and O–H groups in total. The standard InChI is InChI=1S/C12H15N3O3/c16-11(17)10-7-15(8-10)12(18)14-6-3-9-1-4-13-5-2-9/h1-2,4-5,10H,3,6-8H2,(H,14,18)(H,16,17). The highest BCUT2D eigenvalue weighted by Crippen LogP contribution is 2.15. The molecule has 1 aliphatic heterocycles. The number of aliphatic carboxylic acids is 1. The molecule has 0 spiro atoms. The van der Waals surface area contributed by atoms with E-state index in [-0.39, 0.29) is 6.03 Å². The largest absolute Gasteiger partial charge is 0.481 e. The summed E-state index contributed by atoms with van der Waals surface area (Å²) in [6, 6.07) is 3.61. The number of nitrogens with one attached hydrogen (secondary N) is 1. The zero-order valence-electron chi connectivity index (χ0n) is 9.87. The second-order valence-corrected chi connectivity index (χ2v) is 4.28. The van der Waals surface area contributed by atoms with E-state index in [0.29, 0.717) is 19.6 Å². The zero-order valence-corrected chi connectivity index (χ0v) is 9.87. The van der Waals surface area contributed by atoms with E-state index in [9.17, 15) is 9.59 Å². The van der Waals surface area contributed by atoms with Crippen LogP contribution >= 0.6 is 0 Å². The lowest BCUT2D eigenvalue weighted by molar-refractivity contribution is -0.146. The highest BCUT2D eigenvalue weighted by Gasteiger charge is 2.35. The highest BCUT2D eigenvalue weighted by atomic mass is 16.4. The number of hydrogen-bond donors (Lipinski definition) is 2. The van der Waals surface area contributed by atoms with Crippen LogP contribution in [0.25, 0.3) is 0 Å². The molecule has 1 aromatic heterocycles. The summed E-state index contributed by atoms with van der Waals surface area (Å²) in [7, 11) is 0. The van der Waals surface area contributed by atoms with E-state index < -0.39 is 11.9 Å². The first-order valence-electron chi connectivity index (χ1n) is 5.81. The van der Waals surface area contributed by atoms with Crippen molar-refractivity contribution in [3.63, 3.8) is 0 Å². The Hall–Kier alpha value is -2.11. The number of carbonyl (C=O) groups excluding carboxylic acids is 1. The molecule has 1 aliphatic rings. The number of carboxylic acid groups (broad SMARTS) is 1. The minimum absolute atomic E-state index is 0.193. The Morgan fingerprint density at radius 1 is 1.39 bits per heavy atom. The number of rotatable bonds is 4. The van der Waals surface area contributed by atoms with Crippen molar-refractivity contribution < 1.29 is 14.7 Å². The lowest BCUT2D eigenvalue weighted by Crippen LogP contribution is -2.56. The Morgan fingerprint density at radius 2 is 2.06 bits per heavy atom. The number of amides is 2. The maximum absolute atomic E-state index is 11.6. The SMILES string of the molecule is O=C(O)C1CN(C(=O)NCCc2ccncc2)C1. The van der Waals surface area contributed by atoms with Gasteiger partial charge in [0.1, 0.15) is 0 Å². The molecule has 0 unspecified atom stereocenters. The van der Waals surface area contributed by atoms with E-state index in [1.54, 1.807) is 12.4 Å². The smallest absolute Gasteiger partial charge is 0.317 e. The molecule has 6 nitrogen and oxygen atoms in total. The van der Waals surface area contributed by atoms with Crippen molar-refractivity contribution in [2.24, 2.45) is 5.92 Å². The van der Waals surface area contributed by atoms with Gasteiger partial charge >= 0.3 is 12.0 Å². The molecule has 0 radical (unpaired) electrons. The van der Waals surface area contributed by atoms with Gasteiger partial charge < -0.3 is 15.3 Å². The highest BCUT2D eigenvalue weighted by molar-refractivity contribution is 5.79. The van der Waals surface area contributed by atoms with Crippen molar-refractivity contribution >= 4 is 12.0 Å². The molecule has 0 aliphatic carbocycles. The summed E-state index contributed by atoms with van der Waals surface area (Å²) < 4.78 is 0. The predicted octanol–water partition coefficient (Wildman–Crippen LogP) is 0.350. The number of urea groups is 1. The van der Waals surface area contributed by atoms with Crippen LogP contribution < -0.4 is 5.32 Å². The van der Waals surface area contributed by atoms with E-state index in [1.165, 1.54) is 4.90 Å². The van der Waals surface area contributed by atoms with Gasteiger partial charge in [0.2, 0.25) is 0 Å². The quantitative estimate of drug-likeness (QED) is 0.806. The van der Waals surface area contributed by atoms with Gasteiger partial charge in [-0.25, -0.2) is 4.79 Å². The van der Waals surface area contributed by atoms with Crippen LogP contribution in [0.3, 0.4) is 0 Å². The van der Waals surface area contributed by atoms with Crippen LogP contribution in [0, 0.1) is 5.92 Å². The molecule has 18 heavy (non-hydrogen) atoms. The van der Waals surface area contributed by atoms with Gasteiger partial charge in [0.25, 0.3) is 0 Å². The first-order chi connectivity index (χ1) is 8.66. The van der Waals surface area contributed by atoms with E-state index in [4.69, 9.17) is 5.11 Å². The second kappa shape index (κ2) is 5.48. The number of carbonyl (C=O) groups is 2. The van der Waals surface area contributed by atoms with Crippen LogP contribution in [0.4, 0.5) is 4.79 Å². The third kappa shape index (κ3) is 2.97. The maximum atomic E-state index is 11.6. The zero-order chi connectivity index (χ0) is 13.0. The Bertz CT molecular complexity index is 429. The lowest BCUT2D eigenvalue weighted by atomic mass is 10.0. The molecule has 1 fully saturated rings.